The molecule has 0 radical (unpaired) electrons. The Balaban J connectivity index is 1.63. The molecule has 0 bridgehead atoms. The monoisotopic (exact) mass is 480 g/mol. The quantitative estimate of drug-likeness (QED) is 0.365. The Morgan fingerprint density at radius 1 is 1.03 bits per heavy atom. The molecule has 0 amide bonds. The minimum Gasteiger partial charge on any atom is -0.496 e. The van der Waals surface area contributed by atoms with E-state index >= 15 is 0 Å². The van der Waals surface area contributed by atoms with E-state index in [9.17, 15) is 14.4 Å². The standard InChI is InChI=1S/C27H28O8/c1-15-14-27(20(26-33-11-12-34-26)13-19(15)24(29)32-3)23(31-2)21(25(30)35-27)22(28)18-10-6-8-16-7-4-5-9-17(16)18/h4-10,15,19-20,26H,11-14H2,1-3H3/t15-,19-,20+,27+/m1/s1. The van der Waals surface area contributed by atoms with Gasteiger partial charge in [-0.2, -0.15) is 0 Å². The zero-order valence-electron chi connectivity index (χ0n) is 19.9. The molecule has 4 atom stereocenters. The van der Waals surface area contributed by atoms with Gasteiger partial charge in [-0.1, -0.05) is 49.4 Å². The molecule has 2 aliphatic heterocycles. The van der Waals surface area contributed by atoms with Gasteiger partial charge in [0.15, 0.2) is 17.7 Å². The zero-order valence-corrected chi connectivity index (χ0v) is 19.9. The Morgan fingerprint density at radius 2 is 1.74 bits per heavy atom. The van der Waals surface area contributed by atoms with E-state index in [2.05, 4.69) is 0 Å². The number of rotatable bonds is 5. The number of esters is 2. The van der Waals surface area contributed by atoms with Crippen molar-refractivity contribution in [3.63, 3.8) is 0 Å². The van der Waals surface area contributed by atoms with Crippen LogP contribution in [0.2, 0.25) is 0 Å². The number of carbonyl (C=O) groups is 3. The average molecular weight is 481 g/mol. The van der Waals surface area contributed by atoms with E-state index < -0.39 is 35.5 Å². The molecule has 2 aromatic rings. The van der Waals surface area contributed by atoms with Crippen molar-refractivity contribution in [3.8, 4) is 0 Å². The molecular formula is C27H28O8. The van der Waals surface area contributed by atoms with Crippen LogP contribution in [-0.4, -0.2) is 57.0 Å². The second kappa shape index (κ2) is 9.09. The predicted octanol–water partition coefficient (Wildman–Crippen LogP) is 3.43. The Labute approximate surface area is 203 Å². The molecule has 0 N–H and O–H groups in total. The molecule has 0 unspecified atom stereocenters. The van der Waals surface area contributed by atoms with Crippen LogP contribution in [0, 0.1) is 17.8 Å². The van der Waals surface area contributed by atoms with Crippen LogP contribution in [0.1, 0.15) is 30.1 Å². The van der Waals surface area contributed by atoms with E-state index in [0.717, 1.165) is 10.8 Å². The maximum Gasteiger partial charge on any atom is 0.346 e. The van der Waals surface area contributed by atoms with Gasteiger partial charge in [0.25, 0.3) is 0 Å². The summed E-state index contributed by atoms with van der Waals surface area (Å²) in [5, 5.41) is 1.62. The summed E-state index contributed by atoms with van der Waals surface area (Å²) in [5.41, 5.74) is -1.03. The fraction of sp³-hybridized carbons (Fsp3) is 0.444. The fourth-order valence-corrected chi connectivity index (χ4v) is 5.86. The number of ether oxygens (including phenoxy) is 5. The molecule has 5 rings (SSSR count). The van der Waals surface area contributed by atoms with Gasteiger partial charge in [-0.15, -0.1) is 0 Å². The Kier molecular flexibility index (Phi) is 6.11. The third-order valence-corrected chi connectivity index (χ3v) is 7.45. The van der Waals surface area contributed by atoms with Gasteiger partial charge in [-0.05, 0) is 29.5 Å². The van der Waals surface area contributed by atoms with E-state index in [-0.39, 0.29) is 29.6 Å². The fourth-order valence-electron chi connectivity index (χ4n) is 5.86. The Morgan fingerprint density at radius 3 is 2.46 bits per heavy atom. The number of methoxy groups -OCH3 is 2. The van der Waals surface area contributed by atoms with Crippen molar-refractivity contribution in [1.29, 1.82) is 0 Å². The van der Waals surface area contributed by atoms with Crippen LogP contribution >= 0.6 is 0 Å². The van der Waals surface area contributed by atoms with Crippen molar-refractivity contribution in [2.45, 2.75) is 31.7 Å². The van der Waals surface area contributed by atoms with Gasteiger partial charge in [0.2, 0.25) is 5.78 Å². The molecule has 8 nitrogen and oxygen atoms in total. The third kappa shape index (κ3) is 3.72. The number of benzene rings is 2. The first-order chi connectivity index (χ1) is 16.9. The van der Waals surface area contributed by atoms with E-state index in [1.54, 1.807) is 12.1 Å². The SMILES string of the molecule is COC(=O)[C@@H]1C[C@@H](C2OCCO2)[C@]2(C[C@H]1C)OC(=O)C(C(=O)c1cccc3ccccc13)=C2OC. The van der Waals surface area contributed by atoms with Crippen molar-refractivity contribution < 1.29 is 38.1 Å². The van der Waals surface area contributed by atoms with Gasteiger partial charge in [-0.3, -0.25) is 9.59 Å². The number of hydrogen-bond acceptors (Lipinski definition) is 8. The van der Waals surface area contributed by atoms with Crippen molar-refractivity contribution in [2.75, 3.05) is 27.4 Å². The number of fused-ring (bicyclic) bond motifs is 1. The molecular weight excluding hydrogens is 452 g/mol. The van der Waals surface area contributed by atoms with E-state index in [1.165, 1.54) is 14.2 Å². The van der Waals surface area contributed by atoms with E-state index in [4.69, 9.17) is 23.7 Å². The van der Waals surface area contributed by atoms with Crippen molar-refractivity contribution >= 4 is 28.5 Å². The highest BCUT2D eigenvalue weighted by Crippen LogP contribution is 2.53. The van der Waals surface area contributed by atoms with Gasteiger partial charge >= 0.3 is 11.9 Å². The molecule has 8 heteroatoms. The first kappa shape index (κ1) is 23.5. The summed E-state index contributed by atoms with van der Waals surface area (Å²) in [6.45, 7) is 2.68. The van der Waals surface area contributed by atoms with Crippen LogP contribution in [0.5, 0.6) is 0 Å². The molecule has 1 aliphatic carbocycles. The number of hydrogen-bond donors (Lipinski definition) is 0. The second-order valence-corrected chi connectivity index (χ2v) is 9.31. The van der Waals surface area contributed by atoms with Crippen LogP contribution in [-0.2, 0) is 33.3 Å². The minimum atomic E-state index is -1.29. The number of ketones is 1. The summed E-state index contributed by atoms with van der Waals surface area (Å²) in [6.07, 6.45) is -0.143. The Hall–Kier alpha value is -3.23. The summed E-state index contributed by atoms with van der Waals surface area (Å²) in [4.78, 5) is 39.7. The highest BCUT2D eigenvalue weighted by atomic mass is 16.7. The minimum absolute atomic E-state index is 0.129. The lowest BCUT2D eigenvalue weighted by Gasteiger charge is -2.46. The zero-order chi connectivity index (χ0) is 24.7. The first-order valence-electron chi connectivity index (χ1n) is 11.8. The largest absolute Gasteiger partial charge is 0.496 e. The molecule has 35 heavy (non-hydrogen) atoms. The molecule has 2 heterocycles. The van der Waals surface area contributed by atoms with Crippen LogP contribution in [0.4, 0.5) is 0 Å². The molecule has 3 aliphatic rings. The topological polar surface area (TPSA) is 97.4 Å². The third-order valence-electron chi connectivity index (χ3n) is 7.45. The summed E-state index contributed by atoms with van der Waals surface area (Å²) < 4.78 is 28.5. The lowest BCUT2D eigenvalue weighted by atomic mass is 9.64. The molecule has 1 saturated heterocycles. The highest BCUT2D eigenvalue weighted by molar-refractivity contribution is 6.29. The van der Waals surface area contributed by atoms with Crippen LogP contribution < -0.4 is 0 Å². The molecule has 2 aromatic carbocycles. The second-order valence-electron chi connectivity index (χ2n) is 9.31. The van der Waals surface area contributed by atoms with Gasteiger partial charge in [0.1, 0.15) is 5.57 Å². The van der Waals surface area contributed by atoms with Gasteiger partial charge < -0.3 is 23.7 Å². The summed E-state index contributed by atoms with van der Waals surface area (Å²) >= 11 is 0. The summed E-state index contributed by atoms with van der Waals surface area (Å²) in [6, 6.07) is 12.9. The van der Waals surface area contributed by atoms with Gasteiger partial charge in [-0.25, -0.2) is 4.79 Å². The highest BCUT2D eigenvalue weighted by Gasteiger charge is 2.63. The first-order valence-corrected chi connectivity index (χ1v) is 11.8. The molecule has 1 spiro atoms. The lowest BCUT2D eigenvalue weighted by molar-refractivity contribution is -0.200. The predicted molar refractivity (Wildman–Crippen MR) is 124 cm³/mol. The Bertz CT molecular complexity index is 1210. The van der Waals surface area contributed by atoms with Crippen molar-refractivity contribution in [1.82, 2.24) is 0 Å². The van der Waals surface area contributed by atoms with E-state index in [0.29, 0.717) is 25.2 Å². The molecule has 0 aromatic heterocycles. The average Bonchev–Trinajstić information content (AvgIpc) is 3.49. The van der Waals surface area contributed by atoms with Crippen LogP contribution in [0.3, 0.4) is 0 Å². The lowest BCUT2D eigenvalue weighted by Crippen LogP contribution is -2.54. The van der Waals surface area contributed by atoms with Gasteiger partial charge in [0, 0.05) is 5.56 Å². The maximum absolute atomic E-state index is 13.8. The smallest absolute Gasteiger partial charge is 0.346 e. The molecule has 184 valence electrons. The van der Waals surface area contributed by atoms with Crippen LogP contribution in [0.15, 0.2) is 53.8 Å². The number of Topliss-reactive ketones (excluding diaryl/α,β-unsaturated/α-hetero) is 1. The normalized spacial score (nSPS) is 29.0. The number of carbonyl (C=O) groups excluding carboxylic acids is 3. The van der Waals surface area contributed by atoms with E-state index in [1.807, 2.05) is 37.3 Å². The maximum atomic E-state index is 13.8. The molecule has 2 fully saturated rings. The summed E-state index contributed by atoms with van der Waals surface area (Å²) in [7, 11) is 2.79. The van der Waals surface area contributed by atoms with Crippen molar-refractivity contribution in [3.05, 3.63) is 59.4 Å². The van der Waals surface area contributed by atoms with Crippen molar-refractivity contribution in [2.24, 2.45) is 17.8 Å². The van der Waals surface area contributed by atoms with Crippen LogP contribution in [0.25, 0.3) is 10.8 Å². The van der Waals surface area contributed by atoms with Gasteiger partial charge in [0.05, 0.1) is 39.3 Å². The summed E-state index contributed by atoms with van der Waals surface area (Å²) in [5.74, 6) is -2.57. The molecule has 1 saturated carbocycles.